The maximum Gasteiger partial charge on any atom is 0.130 e. The number of ether oxygens (including phenoxy) is 1. The van der Waals surface area contributed by atoms with E-state index in [2.05, 4.69) is 10.3 Å². The molecule has 1 aromatic carbocycles. The summed E-state index contributed by atoms with van der Waals surface area (Å²) >= 11 is 0. The average Bonchev–Trinajstić information content (AvgIpc) is 2.47. The maximum atomic E-state index is 13.4. The minimum atomic E-state index is -0.255. The molecule has 1 N–H and O–H groups in total. The smallest absolute Gasteiger partial charge is 0.130 e. The zero-order valence-electron chi connectivity index (χ0n) is 11.8. The molecule has 4 heteroatoms. The highest BCUT2D eigenvalue weighted by atomic mass is 19.1. The Balaban J connectivity index is 2.14. The molecule has 106 valence electrons. The van der Waals surface area contributed by atoms with Gasteiger partial charge in [-0.2, -0.15) is 0 Å². The number of hydrogen-bond donors (Lipinski definition) is 1. The summed E-state index contributed by atoms with van der Waals surface area (Å²) in [5.41, 5.74) is 1.67. The zero-order chi connectivity index (χ0) is 14.4. The highest BCUT2D eigenvalue weighted by molar-refractivity contribution is 5.36. The second-order valence-electron chi connectivity index (χ2n) is 4.57. The van der Waals surface area contributed by atoms with Crippen LogP contribution < -0.4 is 10.1 Å². The van der Waals surface area contributed by atoms with Crippen molar-refractivity contribution in [1.29, 1.82) is 0 Å². The normalized spacial score (nSPS) is 12.2. The molecule has 0 aliphatic carbocycles. The number of nitrogens with one attached hydrogen (secondary N) is 1. The highest BCUT2D eigenvalue weighted by Crippen LogP contribution is 2.26. The van der Waals surface area contributed by atoms with Gasteiger partial charge in [0.2, 0.25) is 0 Å². The molecule has 20 heavy (non-hydrogen) atoms. The standard InChI is InChI=1S/C16H19FN2O/c1-3-18-12(2)15-10-13(17)7-8-16(15)20-11-14-6-4-5-9-19-14/h4-10,12,18H,3,11H2,1-2H3. The van der Waals surface area contributed by atoms with Gasteiger partial charge < -0.3 is 10.1 Å². The minimum absolute atomic E-state index is 0.0365. The van der Waals surface area contributed by atoms with Gasteiger partial charge >= 0.3 is 0 Å². The van der Waals surface area contributed by atoms with E-state index in [1.807, 2.05) is 32.0 Å². The van der Waals surface area contributed by atoms with E-state index in [-0.39, 0.29) is 11.9 Å². The van der Waals surface area contributed by atoms with E-state index in [0.29, 0.717) is 12.4 Å². The first-order valence-electron chi connectivity index (χ1n) is 6.76. The molecule has 0 fully saturated rings. The van der Waals surface area contributed by atoms with Crippen LogP contribution in [0.25, 0.3) is 0 Å². The number of aromatic nitrogens is 1. The predicted molar refractivity (Wildman–Crippen MR) is 77.1 cm³/mol. The molecular weight excluding hydrogens is 255 g/mol. The zero-order valence-corrected chi connectivity index (χ0v) is 11.8. The Kier molecular flexibility index (Phi) is 5.07. The molecule has 0 aliphatic rings. The average molecular weight is 274 g/mol. The number of halogens is 1. The highest BCUT2D eigenvalue weighted by Gasteiger charge is 2.12. The van der Waals surface area contributed by atoms with Crippen molar-refractivity contribution in [3.05, 3.63) is 59.7 Å². The fourth-order valence-electron chi connectivity index (χ4n) is 2.04. The van der Waals surface area contributed by atoms with Crippen LogP contribution in [0, 0.1) is 5.82 Å². The molecule has 0 bridgehead atoms. The summed E-state index contributed by atoms with van der Waals surface area (Å²) < 4.78 is 19.2. The molecule has 1 unspecified atom stereocenters. The molecule has 0 radical (unpaired) electrons. The monoisotopic (exact) mass is 274 g/mol. The van der Waals surface area contributed by atoms with Gasteiger partial charge in [0.15, 0.2) is 0 Å². The molecule has 2 aromatic rings. The summed E-state index contributed by atoms with van der Waals surface area (Å²) in [6, 6.07) is 10.3. The van der Waals surface area contributed by atoms with Crippen molar-refractivity contribution >= 4 is 0 Å². The van der Waals surface area contributed by atoms with E-state index in [9.17, 15) is 4.39 Å². The van der Waals surface area contributed by atoms with Crippen molar-refractivity contribution in [3.63, 3.8) is 0 Å². The van der Waals surface area contributed by atoms with E-state index in [1.165, 1.54) is 12.1 Å². The van der Waals surface area contributed by atoms with Crippen LogP contribution in [0.1, 0.15) is 31.1 Å². The Morgan fingerprint density at radius 3 is 2.85 bits per heavy atom. The maximum absolute atomic E-state index is 13.4. The lowest BCUT2D eigenvalue weighted by Gasteiger charge is -2.17. The van der Waals surface area contributed by atoms with E-state index < -0.39 is 0 Å². The van der Waals surface area contributed by atoms with Gasteiger partial charge in [0, 0.05) is 17.8 Å². The Morgan fingerprint density at radius 2 is 2.15 bits per heavy atom. The number of pyridine rings is 1. The van der Waals surface area contributed by atoms with Gasteiger partial charge in [0.05, 0.1) is 5.69 Å². The molecule has 0 saturated carbocycles. The van der Waals surface area contributed by atoms with E-state index >= 15 is 0 Å². The predicted octanol–water partition coefficient (Wildman–Crippen LogP) is 3.47. The molecule has 0 spiro atoms. The quantitative estimate of drug-likeness (QED) is 0.875. The van der Waals surface area contributed by atoms with Gasteiger partial charge in [0.25, 0.3) is 0 Å². The Labute approximate surface area is 118 Å². The Morgan fingerprint density at radius 1 is 1.30 bits per heavy atom. The van der Waals surface area contributed by atoms with Crippen LogP contribution in [0.2, 0.25) is 0 Å². The van der Waals surface area contributed by atoms with Crippen LogP contribution in [0.15, 0.2) is 42.6 Å². The number of rotatable bonds is 6. The largest absolute Gasteiger partial charge is 0.487 e. The number of benzene rings is 1. The second-order valence-corrected chi connectivity index (χ2v) is 4.57. The van der Waals surface area contributed by atoms with Crippen LogP contribution in [0.3, 0.4) is 0 Å². The van der Waals surface area contributed by atoms with Crippen molar-refractivity contribution in [2.75, 3.05) is 6.54 Å². The molecule has 2 rings (SSSR count). The Hall–Kier alpha value is -1.94. The van der Waals surface area contributed by atoms with Gasteiger partial charge in [-0.1, -0.05) is 13.0 Å². The van der Waals surface area contributed by atoms with Gasteiger partial charge in [-0.15, -0.1) is 0 Å². The van der Waals surface area contributed by atoms with E-state index in [0.717, 1.165) is 17.8 Å². The van der Waals surface area contributed by atoms with Crippen LogP contribution in [-0.2, 0) is 6.61 Å². The molecule has 3 nitrogen and oxygen atoms in total. The van der Waals surface area contributed by atoms with Gasteiger partial charge in [-0.25, -0.2) is 4.39 Å². The first kappa shape index (κ1) is 14.5. The van der Waals surface area contributed by atoms with Crippen molar-refractivity contribution in [2.45, 2.75) is 26.5 Å². The van der Waals surface area contributed by atoms with Crippen LogP contribution >= 0.6 is 0 Å². The van der Waals surface area contributed by atoms with Crippen LogP contribution in [-0.4, -0.2) is 11.5 Å². The first-order valence-corrected chi connectivity index (χ1v) is 6.76. The van der Waals surface area contributed by atoms with Gasteiger partial charge in [-0.3, -0.25) is 4.98 Å². The molecule has 0 amide bonds. The molecule has 1 heterocycles. The van der Waals surface area contributed by atoms with Gasteiger partial charge in [-0.05, 0) is 43.8 Å². The second kappa shape index (κ2) is 7.01. The lowest BCUT2D eigenvalue weighted by molar-refractivity contribution is 0.294. The van der Waals surface area contributed by atoms with Gasteiger partial charge in [0.1, 0.15) is 18.2 Å². The Bertz CT molecular complexity index is 545. The summed E-state index contributed by atoms with van der Waals surface area (Å²) in [4.78, 5) is 4.21. The van der Waals surface area contributed by atoms with E-state index in [1.54, 1.807) is 12.3 Å². The van der Waals surface area contributed by atoms with E-state index in [4.69, 9.17) is 4.74 Å². The molecule has 1 aromatic heterocycles. The number of nitrogens with zero attached hydrogens (tertiary/aromatic N) is 1. The van der Waals surface area contributed by atoms with Crippen molar-refractivity contribution in [2.24, 2.45) is 0 Å². The summed E-state index contributed by atoms with van der Waals surface area (Å²) in [6.45, 7) is 5.20. The fourth-order valence-corrected chi connectivity index (χ4v) is 2.04. The van der Waals surface area contributed by atoms with Crippen LogP contribution in [0.4, 0.5) is 4.39 Å². The van der Waals surface area contributed by atoms with Crippen LogP contribution in [0.5, 0.6) is 5.75 Å². The lowest BCUT2D eigenvalue weighted by atomic mass is 10.1. The number of hydrogen-bond acceptors (Lipinski definition) is 3. The molecule has 0 saturated heterocycles. The summed E-state index contributed by atoms with van der Waals surface area (Å²) in [7, 11) is 0. The SMILES string of the molecule is CCNC(C)c1cc(F)ccc1OCc1ccccn1. The van der Waals surface area contributed by atoms with Crippen molar-refractivity contribution in [1.82, 2.24) is 10.3 Å². The lowest BCUT2D eigenvalue weighted by Crippen LogP contribution is -2.18. The third kappa shape index (κ3) is 3.78. The summed E-state index contributed by atoms with van der Waals surface area (Å²) in [5.74, 6) is 0.431. The third-order valence-corrected chi connectivity index (χ3v) is 3.05. The molecular formula is C16H19FN2O. The first-order chi connectivity index (χ1) is 9.70. The summed E-state index contributed by atoms with van der Waals surface area (Å²) in [6.07, 6.45) is 1.73. The molecule has 1 atom stereocenters. The third-order valence-electron chi connectivity index (χ3n) is 3.05. The molecule has 0 aliphatic heterocycles. The summed E-state index contributed by atoms with van der Waals surface area (Å²) in [5, 5.41) is 3.27. The van der Waals surface area contributed by atoms with Crippen molar-refractivity contribution in [3.8, 4) is 5.75 Å². The van der Waals surface area contributed by atoms with Crippen molar-refractivity contribution < 1.29 is 9.13 Å². The topological polar surface area (TPSA) is 34.1 Å². The minimum Gasteiger partial charge on any atom is -0.487 e. The fraction of sp³-hybridized carbons (Fsp3) is 0.312.